The molecule has 0 amide bonds. The van der Waals surface area contributed by atoms with Gasteiger partial charge in [0.25, 0.3) is 0 Å². The van der Waals surface area contributed by atoms with Crippen LogP contribution in [-0.2, 0) is 9.53 Å². The molecule has 1 saturated heterocycles. The number of allylic oxidation sites excluding steroid dienone is 1. The molecule has 8 atom stereocenters. The number of fused-ring (bicyclic) bond motifs is 5. The van der Waals surface area contributed by atoms with Gasteiger partial charge in [0.15, 0.2) is 0 Å². The topological polar surface area (TPSA) is 47.4 Å². The Hall–Kier alpha value is -1.62. The van der Waals surface area contributed by atoms with Crippen molar-refractivity contribution in [3.63, 3.8) is 0 Å². The van der Waals surface area contributed by atoms with Crippen LogP contribution >= 0.6 is 0 Å². The largest absolute Gasteiger partial charge is 0.460 e. The first-order valence-corrected chi connectivity index (χ1v) is 13.5. The fraction of sp³-hybridized carbons (Fsp3) is 0.786. The van der Waals surface area contributed by atoms with E-state index in [0.717, 1.165) is 18.4 Å². The smallest absolute Gasteiger partial charge is 0.302 e. The van der Waals surface area contributed by atoms with Crippen molar-refractivity contribution < 1.29 is 9.53 Å². The molecule has 3 saturated carbocycles. The summed E-state index contributed by atoms with van der Waals surface area (Å²) in [6.07, 6.45) is 20.0. The minimum absolute atomic E-state index is 0.0518. The van der Waals surface area contributed by atoms with Crippen LogP contribution in [0.4, 0.5) is 0 Å². The maximum absolute atomic E-state index is 12.1. The molecule has 0 aromatic carbocycles. The highest BCUT2D eigenvalue weighted by Crippen LogP contribution is 2.67. The van der Waals surface area contributed by atoms with Crippen molar-refractivity contribution in [3.05, 3.63) is 30.4 Å². The van der Waals surface area contributed by atoms with Gasteiger partial charge in [0.2, 0.25) is 0 Å². The van der Waals surface area contributed by atoms with Gasteiger partial charge in [0.05, 0.1) is 12.4 Å². The minimum atomic E-state index is -0.146. The van der Waals surface area contributed by atoms with Crippen LogP contribution < -0.4 is 0 Å². The molecule has 2 heterocycles. The number of likely N-dealkylation sites (tertiary alicyclic amines) is 1. The quantitative estimate of drug-likeness (QED) is 0.456. The minimum Gasteiger partial charge on any atom is -0.460 e. The number of carbonyl (C=O) groups is 1. The van der Waals surface area contributed by atoms with Crippen molar-refractivity contribution in [2.45, 2.75) is 96.7 Å². The van der Waals surface area contributed by atoms with Gasteiger partial charge >= 0.3 is 5.97 Å². The van der Waals surface area contributed by atoms with E-state index >= 15 is 0 Å². The van der Waals surface area contributed by atoms with Crippen LogP contribution in [0.25, 0.3) is 0 Å². The average Bonchev–Trinajstić information content (AvgIpc) is 3.54. The molecule has 0 spiro atoms. The van der Waals surface area contributed by atoms with Crippen molar-refractivity contribution in [1.29, 1.82) is 0 Å². The third kappa shape index (κ3) is 3.36. The first kappa shape index (κ1) is 21.9. The van der Waals surface area contributed by atoms with Crippen LogP contribution in [0.3, 0.4) is 0 Å². The summed E-state index contributed by atoms with van der Waals surface area (Å²) in [5.74, 6) is 1.92. The number of ether oxygens (including phenoxy) is 1. The van der Waals surface area contributed by atoms with Crippen molar-refractivity contribution in [1.82, 2.24) is 14.5 Å². The molecule has 5 heteroatoms. The lowest BCUT2D eigenvalue weighted by atomic mass is 9.48. The van der Waals surface area contributed by atoms with E-state index < -0.39 is 0 Å². The highest BCUT2D eigenvalue weighted by Gasteiger charge is 2.62. The molecule has 1 aromatic heterocycles. The number of hydrogen-bond acceptors (Lipinski definition) is 4. The summed E-state index contributed by atoms with van der Waals surface area (Å²) in [4.78, 5) is 19.2. The molecular weight excluding hydrogens is 410 g/mol. The van der Waals surface area contributed by atoms with Gasteiger partial charge < -0.3 is 14.2 Å². The summed E-state index contributed by atoms with van der Waals surface area (Å²) in [6.45, 7) is 9.22. The van der Waals surface area contributed by atoms with E-state index in [2.05, 4.69) is 40.6 Å². The molecular formula is C28H41N3O2. The van der Waals surface area contributed by atoms with Gasteiger partial charge in [-0.05, 0) is 94.0 Å². The fourth-order valence-corrected chi connectivity index (χ4v) is 9.16. The van der Waals surface area contributed by atoms with E-state index in [4.69, 9.17) is 4.74 Å². The van der Waals surface area contributed by atoms with Crippen LogP contribution in [0, 0.1) is 28.6 Å². The van der Waals surface area contributed by atoms with Gasteiger partial charge in [0, 0.05) is 30.8 Å². The molecule has 5 nitrogen and oxygen atoms in total. The average molecular weight is 452 g/mol. The third-order valence-electron chi connectivity index (χ3n) is 10.9. The number of rotatable bonds is 3. The third-order valence-corrected chi connectivity index (χ3v) is 10.9. The molecule has 2 unspecified atom stereocenters. The summed E-state index contributed by atoms with van der Waals surface area (Å²) in [6, 6.07) is 0.983. The van der Waals surface area contributed by atoms with E-state index in [-0.39, 0.29) is 23.5 Å². The number of hydrogen-bond donors (Lipinski definition) is 0. The van der Waals surface area contributed by atoms with E-state index in [9.17, 15) is 4.79 Å². The highest BCUT2D eigenvalue weighted by atomic mass is 16.5. The number of nitrogens with zero attached hydrogens (tertiary/aromatic N) is 3. The highest BCUT2D eigenvalue weighted by molar-refractivity contribution is 5.66. The van der Waals surface area contributed by atoms with Crippen LogP contribution in [0.1, 0.15) is 84.6 Å². The SMILES string of the molecule is CC(=O)OC1[C@H](n2ccnc2)C[C@H]2[C@@H]3CC=C4CC(N5CCCC5)CC[C@]4(C)[C@H]3CC[C@]12C. The molecule has 4 aliphatic carbocycles. The molecule has 180 valence electrons. The maximum atomic E-state index is 12.1. The number of carbonyl (C=O) groups excluding carboxylic acids is 1. The second-order valence-corrected chi connectivity index (χ2v) is 12.3. The van der Waals surface area contributed by atoms with Gasteiger partial charge in [-0.25, -0.2) is 4.98 Å². The van der Waals surface area contributed by atoms with Crippen molar-refractivity contribution in [2.75, 3.05) is 13.1 Å². The first-order valence-electron chi connectivity index (χ1n) is 13.5. The van der Waals surface area contributed by atoms with Gasteiger partial charge in [-0.1, -0.05) is 25.5 Å². The Bertz CT molecular complexity index is 920. The summed E-state index contributed by atoms with van der Waals surface area (Å²) in [5, 5.41) is 0. The first-order chi connectivity index (χ1) is 15.9. The van der Waals surface area contributed by atoms with Crippen LogP contribution in [0.15, 0.2) is 30.4 Å². The zero-order valence-corrected chi connectivity index (χ0v) is 20.7. The zero-order chi connectivity index (χ0) is 22.8. The van der Waals surface area contributed by atoms with E-state index in [1.54, 1.807) is 12.5 Å². The van der Waals surface area contributed by atoms with Crippen LogP contribution in [0.2, 0.25) is 0 Å². The normalized spacial score (nSPS) is 45.1. The Morgan fingerprint density at radius 2 is 1.97 bits per heavy atom. The Labute approximate surface area is 199 Å². The number of esters is 1. The van der Waals surface area contributed by atoms with Crippen molar-refractivity contribution in [2.24, 2.45) is 28.6 Å². The number of imidazole rings is 1. The zero-order valence-electron chi connectivity index (χ0n) is 20.7. The second-order valence-electron chi connectivity index (χ2n) is 12.3. The Balaban J connectivity index is 1.29. The summed E-state index contributed by atoms with van der Waals surface area (Å²) < 4.78 is 8.30. The van der Waals surface area contributed by atoms with Gasteiger partial charge in [0.1, 0.15) is 6.10 Å². The monoisotopic (exact) mass is 451 g/mol. The molecule has 0 radical (unpaired) electrons. The molecule has 0 N–H and O–H groups in total. The predicted molar refractivity (Wildman–Crippen MR) is 128 cm³/mol. The Kier molecular flexibility index (Phi) is 5.28. The lowest BCUT2D eigenvalue weighted by molar-refractivity contribution is -0.159. The lowest BCUT2D eigenvalue weighted by Gasteiger charge is -2.58. The molecule has 0 bridgehead atoms. The fourth-order valence-electron chi connectivity index (χ4n) is 9.16. The molecule has 5 aliphatic rings. The Morgan fingerprint density at radius 3 is 2.70 bits per heavy atom. The molecule has 1 aromatic rings. The summed E-state index contributed by atoms with van der Waals surface area (Å²) >= 11 is 0. The lowest BCUT2D eigenvalue weighted by Crippen LogP contribution is -2.52. The van der Waals surface area contributed by atoms with E-state index in [0.29, 0.717) is 17.3 Å². The van der Waals surface area contributed by atoms with E-state index in [1.165, 1.54) is 64.5 Å². The molecule has 1 aliphatic heterocycles. The molecule has 4 fully saturated rings. The number of aromatic nitrogens is 2. The summed E-state index contributed by atoms with van der Waals surface area (Å²) in [7, 11) is 0. The van der Waals surface area contributed by atoms with Crippen LogP contribution in [-0.4, -0.2) is 45.7 Å². The second kappa shape index (κ2) is 7.96. The van der Waals surface area contributed by atoms with Crippen LogP contribution in [0.5, 0.6) is 0 Å². The van der Waals surface area contributed by atoms with Gasteiger partial charge in [-0.2, -0.15) is 0 Å². The standard InChI is InChI=1S/C28H41N3O2/c1-19(32)33-26-25(31-15-12-29-18-31)17-24-22-7-6-20-16-21(30-13-4-5-14-30)8-10-27(20,2)23(22)9-11-28(24,26)3/h6,12,15,18,21-26H,4-5,7-11,13-14,16-17H2,1-3H3/t21?,22-,23+,24+,25-,26?,27+,28+/m1/s1. The maximum Gasteiger partial charge on any atom is 0.302 e. The summed E-state index contributed by atoms with van der Waals surface area (Å²) in [5.41, 5.74) is 2.19. The predicted octanol–water partition coefficient (Wildman–Crippen LogP) is 5.39. The van der Waals surface area contributed by atoms with Gasteiger partial charge in [-0.15, -0.1) is 0 Å². The molecule has 6 rings (SSSR count). The van der Waals surface area contributed by atoms with E-state index in [1.807, 2.05) is 12.5 Å². The van der Waals surface area contributed by atoms with Crippen molar-refractivity contribution >= 4 is 5.97 Å². The van der Waals surface area contributed by atoms with Gasteiger partial charge in [-0.3, -0.25) is 4.79 Å². The van der Waals surface area contributed by atoms with Crippen molar-refractivity contribution in [3.8, 4) is 0 Å². The molecule has 33 heavy (non-hydrogen) atoms. The Morgan fingerprint density at radius 1 is 1.15 bits per heavy atom.